The molecule has 1 aromatic carbocycles. The Morgan fingerprint density at radius 1 is 1.30 bits per heavy atom. The number of anilines is 1. The molecule has 1 atom stereocenters. The summed E-state index contributed by atoms with van der Waals surface area (Å²) < 4.78 is 12.0. The molecule has 1 aliphatic rings. The van der Waals surface area contributed by atoms with Gasteiger partial charge in [-0.2, -0.15) is 0 Å². The maximum absolute atomic E-state index is 13.2. The van der Waals surface area contributed by atoms with Gasteiger partial charge in [0.25, 0.3) is 5.56 Å². The number of ether oxygens (including phenoxy) is 2. The molecule has 0 amide bonds. The lowest BCUT2D eigenvalue weighted by Crippen LogP contribution is -2.33. The van der Waals surface area contributed by atoms with Gasteiger partial charge in [-0.15, -0.1) is 0 Å². The minimum absolute atomic E-state index is 0.0480. The summed E-state index contributed by atoms with van der Waals surface area (Å²) in [4.78, 5) is 29.6. The fourth-order valence-corrected chi connectivity index (χ4v) is 3.13. The van der Waals surface area contributed by atoms with E-state index in [0.717, 1.165) is 5.56 Å². The Kier molecular flexibility index (Phi) is 5.30. The number of carbonyl (C=O) groups is 1. The summed E-state index contributed by atoms with van der Waals surface area (Å²) in [5, 5.41) is 3.09. The van der Waals surface area contributed by atoms with E-state index in [1.807, 2.05) is 44.2 Å². The topological polar surface area (TPSA) is 82.4 Å². The lowest BCUT2D eigenvalue weighted by Gasteiger charge is -2.29. The molecule has 7 nitrogen and oxygen atoms in total. The number of hydrogen-bond donors (Lipinski definition) is 1. The lowest BCUT2D eigenvalue weighted by molar-refractivity contribution is 0.0777. The molecule has 1 aliphatic heterocycles. The normalized spacial score (nSPS) is 16.0. The first-order valence-corrected chi connectivity index (χ1v) is 8.92. The van der Waals surface area contributed by atoms with Gasteiger partial charge in [-0.3, -0.25) is 9.36 Å². The molecule has 142 valence electrons. The van der Waals surface area contributed by atoms with Gasteiger partial charge < -0.3 is 14.8 Å². The minimum atomic E-state index is -0.800. The van der Waals surface area contributed by atoms with Gasteiger partial charge in [-0.05, 0) is 33.3 Å². The first-order valence-electron chi connectivity index (χ1n) is 8.92. The Labute approximate surface area is 157 Å². The number of hydrogen-bond acceptors (Lipinski definition) is 6. The van der Waals surface area contributed by atoms with E-state index in [1.54, 1.807) is 18.4 Å². The first-order chi connectivity index (χ1) is 12.9. The van der Waals surface area contributed by atoms with E-state index < -0.39 is 12.1 Å². The molecule has 1 aromatic heterocycles. The van der Waals surface area contributed by atoms with E-state index in [-0.39, 0.29) is 18.2 Å². The maximum Gasteiger partial charge on any atom is 0.513 e. The van der Waals surface area contributed by atoms with Gasteiger partial charge in [-0.25, -0.2) is 9.78 Å². The zero-order valence-corrected chi connectivity index (χ0v) is 15.9. The van der Waals surface area contributed by atoms with Crippen LogP contribution in [-0.2, 0) is 9.47 Å². The number of carbonyl (C=O) groups excluding carboxylic acids is 1. The number of rotatable bonds is 4. The Morgan fingerprint density at radius 3 is 2.63 bits per heavy atom. The molecule has 0 saturated carbocycles. The molecule has 0 fully saturated rings. The molecule has 0 spiro atoms. The van der Waals surface area contributed by atoms with Crippen molar-refractivity contribution in [1.29, 1.82) is 0 Å². The first kappa shape index (κ1) is 18.7. The molecule has 0 saturated heterocycles. The van der Waals surface area contributed by atoms with Crippen LogP contribution in [0.2, 0.25) is 0 Å². The van der Waals surface area contributed by atoms with Crippen molar-refractivity contribution in [2.45, 2.75) is 39.7 Å². The van der Waals surface area contributed by atoms with E-state index in [1.165, 1.54) is 6.33 Å². The molecular weight excluding hydrogens is 346 g/mol. The minimum Gasteiger partial charge on any atom is -0.434 e. The second kappa shape index (κ2) is 7.65. The fourth-order valence-electron chi connectivity index (χ4n) is 3.13. The molecule has 7 heteroatoms. The predicted octanol–water partition coefficient (Wildman–Crippen LogP) is 3.79. The summed E-state index contributed by atoms with van der Waals surface area (Å²) in [6, 6.07) is 9.40. The van der Waals surface area contributed by atoms with Crippen LogP contribution >= 0.6 is 0 Å². The van der Waals surface area contributed by atoms with Crippen LogP contribution in [0.4, 0.5) is 10.6 Å². The van der Waals surface area contributed by atoms with Crippen molar-refractivity contribution < 1.29 is 14.3 Å². The van der Waals surface area contributed by atoms with Crippen LogP contribution in [0.3, 0.4) is 0 Å². The Morgan fingerprint density at radius 2 is 2.00 bits per heavy atom. The third-order valence-electron chi connectivity index (χ3n) is 4.40. The number of aromatic nitrogens is 2. The van der Waals surface area contributed by atoms with Crippen molar-refractivity contribution >= 4 is 12.0 Å². The van der Waals surface area contributed by atoms with E-state index in [9.17, 15) is 9.59 Å². The van der Waals surface area contributed by atoms with Gasteiger partial charge in [-0.1, -0.05) is 30.3 Å². The summed E-state index contributed by atoms with van der Waals surface area (Å²) >= 11 is 0. The average Bonchev–Trinajstić information content (AvgIpc) is 2.63. The largest absolute Gasteiger partial charge is 0.513 e. The van der Waals surface area contributed by atoms with Crippen molar-refractivity contribution in [3.05, 3.63) is 69.6 Å². The molecule has 0 bridgehead atoms. The van der Waals surface area contributed by atoms with Gasteiger partial charge in [0.2, 0.25) is 0 Å². The van der Waals surface area contributed by atoms with E-state index in [0.29, 0.717) is 22.8 Å². The Hall–Kier alpha value is -3.09. The number of nitrogens with zero attached hydrogens (tertiary/aromatic N) is 2. The molecule has 2 heterocycles. The molecule has 1 unspecified atom stereocenters. The molecule has 0 aliphatic carbocycles. The second-order valence-electron chi connectivity index (χ2n) is 6.56. The van der Waals surface area contributed by atoms with Crippen LogP contribution < -0.4 is 10.9 Å². The average molecular weight is 369 g/mol. The Bertz CT molecular complexity index is 932. The van der Waals surface area contributed by atoms with Gasteiger partial charge in [0.1, 0.15) is 17.9 Å². The van der Waals surface area contributed by atoms with E-state index >= 15 is 0 Å². The highest BCUT2D eigenvalue weighted by atomic mass is 16.7. The smallest absolute Gasteiger partial charge is 0.434 e. The highest BCUT2D eigenvalue weighted by Crippen LogP contribution is 2.39. The second-order valence-corrected chi connectivity index (χ2v) is 6.56. The van der Waals surface area contributed by atoms with Crippen molar-refractivity contribution in [3.63, 3.8) is 0 Å². The van der Waals surface area contributed by atoms with Crippen molar-refractivity contribution in [1.82, 2.24) is 9.55 Å². The summed E-state index contributed by atoms with van der Waals surface area (Å²) in [6.45, 7) is 7.52. The number of benzene rings is 1. The van der Waals surface area contributed by atoms with Gasteiger partial charge in [0.05, 0.1) is 23.8 Å². The molecule has 27 heavy (non-hydrogen) atoms. The van der Waals surface area contributed by atoms with Crippen LogP contribution in [0.1, 0.15) is 50.8 Å². The van der Waals surface area contributed by atoms with Crippen molar-refractivity contribution in [2.75, 3.05) is 11.9 Å². The quantitative estimate of drug-likeness (QED) is 0.826. The zero-order valence-electron chi connectivity index (χ0n) is 15.9. The monoisotopic (exact) mass is 369 g/mol. The van der Waals surface area contributed by atoms with E-state index in [4.69, 9.17) is 9.47 Å². The lowest BCUT2D eigenvalue weighted by atomic mass is 9.87. The standard InChI is InChI=1S/C20H23N3O4/c1-5-26-20(25)27-17-13(4)22-18-16(15(17)14-9-7-6-8-10-14)19(24)23(11-21-18)12(2)3/h6-12,15,22H,5H2,1-4H3. The molecular formula is C20H23N3O4. The van der Waals surface area contributed by atoms with Gasteiger partial charge in [0.15, 0.2) is 0 Å². The van der Waals surface area contributed by atoms with Gasteiger partial charge >= 0.3 is 6.16 Å². The highest BCUT2D eigenvalue weighted by molar-refractivity contribution is 5.66. The van der Waals surface area contributed by atoms with E-state index in [2.05, 4.69) is 10.3 Å². The van der Waals surface area contributed by atoms with Crippen molar-refractivity contribution in [3.8, 4) is 0 Å². The van der Waals surface area contributed by atoms with Crippen LogP contribution in [0.15, 0.2) is 52.9 Å². The van der Waals surface area contributed by atoms with Crippen LogP contribution in [0.25, 0.3) is 0 Å². The molecule has 3 rings (SSSR count). The zero-order chi connectivity index (χ0) is 19.6. The maximum atomic E-state index is 13.2. The summed E-state index contributed by atoms with van der Waals surface area (Å²) in [5.41, 5.74) is 1.72. The Balaban J connectivity index is 2.20. The SMILES string of the molecule is CCOC(=O)OC1=C(C)Nc2ncn(C(C)C)c(=O)c2C1c1ccccc1. The predicted molar refractivity (Wildman–Crippen MR) is 102 cm³/mol. The molecule has 1 N–H and O–H groups in total. The number of nitrogens with one attached hydrogen (secondary N) is 1. The number of fused-ring (bicyclic) bond motifs is 1. The summed E-state index contributed by atoms with van der Waals surface area (Å²) in [6.07, 6.45) is 0.733. The van der Waals surface area contributed by atoms with Crippen LogP contribution in [-0.4, -0.2) is 22.3 Å². The third kappa shape index (κ3) is 3.58. The molecule has 2 aromatic rings. The summed E-state index contributed by atoms with van der Waals surface area (Å²) in [7, 11) is 0. The fraction of sp³-hybridized carbons (Fsp3) is 0.350. The van der Waals surface area contributed by atoms with Crippen molar-refractivity contribution in [2.24, 2.45) is 0 Å². The summed E-state index contributed by atoms with van der Waals surface area (Å²) in [5.74, 6) is 0.255. The molecule has 0 radical (unpaired) electrons. The highest BCUT2D eigenvalue weighted by Gasteiger charge is 2.35. The third-order valence-corrected chi connectivity index (χ3v) is 4.40. The van der Waals surface area contributed by atoms with Crippen LogP contribution in [0.5, 0.6) is 0 Å². The van der Waals surface area contributed by atoms with Gasteiger partial charge in [0, 0.05) is 6.04 Å². The van der Waals surface area contributed by atoms with Crippen LogP contribution in [0, 0.1) is 0 Å². The number of allylic oxidation sites excluding steroid dienone is 2.